The highest BCUT2D eigenvalue weighted by Crippen LogP contribution is 2.19. The van der Waals surface area contributed by atoms with E-state index in [9.17, 15) is 19.7 Å². The molecule has 1 aromatic carbocycles. The highest BCUT2D eigenvalue weighted by Gasteiger charge is 2.35. The molecule has 0 aliphatic carbocycles. The quantitative estimate of drug-likeness (QED) is 0.481. The molecular weight excluding hydrogens is 306 g/mol. The highest BCUT2D eigenvalue weighted by molar-refractivity contribution is 5.81. The summed E-state index contributed by atoms with van der Waals surface area (Å²) in [7, 11) is 0. The number of piperidine rings is 1. The van der Waals surface area contributed by atoms with Crippen LogP contribution in [0.1, 0.15) is 18.4 Å². The lowest BCUT2D eigenvalue weighted by Gasteiger charge is -2.34. The lowest BCUT2D eigenvalue weighted by molar-refractivity contribution is -0.384. The summed E-state index contributed by atoms with van der Waals surface area (Å²) >= 11 is 0. The van der Waals surface area contributed by atoms with Crippen LogP contribution < -0.4 is 5.73 Å². The summed E-state index contributed by atoms with van der Waals surface area (Å²) < 4.78 is 5.13. The molecule has 0 spiro atoms. The molecule has 0 aromatic heterocycles. The predicted octanol–water partition coefficient (Wildman–Crippen LogP) is 1.11. The monoisotopic (exact) mass is 323 g/mol. The number of hydrogen-bond donors (Lipinski definition) is 2. The number of nitro groups is 1. The number of non-ortho nitro benzene ring substituents is 1. The Hall–Kier alpha value is -2.68. The molecule has 23 heavy (non-hydrogen) atoms. The van der Waals surface area contributed by atoms with E-state index < -0.39 is 23.0 Å². The first kappa shape index (κ1) is 16.7. The van der Waals surface area contributed by atoms with Crippen molar-refractivity contribution in [1.82, 2.24) is 4.90 Å². The van der Waals surface area contributed by atoms with Crippen LogP contribution in [0.3, 0.4) is 0 Å². The van der Waals surface area contributed by atoms with Gasteiger partial charge in [-0.15, -0.1) is 0 Å². The summed E-state index contributed by atoms with van der Waals surface area (Å²) in [6.45, 7) is 0.0134. The minimum atomic E-state index is -1.21. The topological polar surface area (TPSA) is 136 Å². The average molecular weight is 323 g/mol. The summed E-state index contributed by atoms with van der Waals surface area (Å²) in [5, 5.41) is 19.7. The van der Waals surface area contributed by atoms with Gasteiger partial charge in [-0.05, 0) is 30.5 Å². The molecule has 3 N–H and O–H groups in total. The van der Waals surface area contributed by atoms with Crippen molar-refractivity contribution in [2.75, 3.05) is 6.54 Å². The smallest absolute Gasteiger partial charge is 0.408 e. The second-order valence-corrected chi connectivity index (χ2v) is 5.32. The van der Waals surface area contributed by atoms with E-state index in [1.54, 1.807) is 0 Å². The third-order valence-electron chi connectivity index (χ3n) is 3.66. The van der Waals surface area contributed by atoms with Gasteiger partial charge in [-0.2, -0.15) is 0 Å². The van der Waals surface area contributed by atoms with Gasteiger partial charge in [-0.1, -0.05) is 0 Å². The fourth-order valence-electron chi connectivity index (χ4n) is 2.42. The number of likely N-dealkylation sites (tertiary alicyclic amines) is 1. The van der Waals surface area contributed by atoms with Crippen molar-refractivity contribution in [3.8, 4) is 0 Å². The first-order chi connectivity index (χ1) is 10.9. The van der Waals surface area contributed by atoms with Gasteiger partial charge in [0.15, 0.2) is 0 Å². The second-order valence-electron chi connectivity index (χ2n) is 5.32. The minimum Gasteiger partial charge on any atom is -0.465 e. The lowest BCUT2D eigenvalue weighted by atomic mass is 9.99. The molecule has 0 radical (unpaired) electrons. The Labute approximate surface area is 131 Å². The molecule has 1 heterocycles. The number of rotatable bonds is 4. The molecule has 1 fully saturated rings. The van der Waals surface area contributed by atoms with Crippen LogP contribution in [0.25, 0.3) is 0 Å². The second kappa shape index (κ2) is 7.05. The summed E-state index contributed by atoms with van der Waals surface area (Å²) in [6.07, 6.45) is -0.356. The Morgan fingerprint density at radius 3 is 2.57 bits per heavy atom. The summed E-state index contributed by atoms with van der Waals surface area (Å²) in [5.74, 6) is -0.641. The van der Waals surface area contributed by atoms with Crippen LogP contribution in [0.2, 0.25) is 0 Å². The molecule has 9 heteroatoms. The fourth-order valence-corrected chi connectivity index (χ4v) is 2.42. The molecule has 1 amide bonds. The van der Waals surface area contributed by atoms with Crippen molar-refractivity contribution < 1.29 is 24.4 Å². The van der Waals surface area contributed by atoms with Gasteiger partial charge in [-0.3, -0.25) is 15.0 Å². The standard InChI is InChI=1S/C14H17N3O6/c15-10-3-6-12(16(7-10)14(19)20)13(18)23-8-9-1-4-11(5-2-9)17(21)22/h1-2,4-5,10,12H,3,6-8,15H2,(H,19,20)/t10-,12+/m0/s1. The van der Waals surface area contributed by atoms with E-state index in [-0.39, 0.29) is 24.9 Å². The van der Waals surface area contributed by atoms with Crippen molar-refractivity contribution in [3.63, 3.8) is 0 Å². The molecule has 0 saturated carbocycles. The number of esters is 1. The van der Waals surface area contributed by atoms with E-state index in [0.29, 0.717) is 18.4 Å². The van der Waals surface area contributed by atoms with E-state index in [1.165, 1.54) is 24.3 Å². The SMILES string of the molecule is N[C@H]1CC[C@H](C(=O)OCc2ccc([N+](=O)[O-])cc2)N(C(=O)O)C1. The zero-order valence-electron chi connectivity index (χ0n) is 12.3. The zero-order chi connectivity index (χ0) is 17.0. The number of nitrogens with two attached hydrogens (primary N) is 1. The molecule has 2 atom stereocenters. The van der Waals surface area contributed by atoms with Crippen LogP contribution in [0.4, 0.5) is 10.5 Å². The lowest BCUT2D eigenvalue weighted by Crippen LogP contribution is -2.54. The highest BCUT2D eigenvalue weighted by atomic mass is 16.6. The van der Waals surface area contributed by atoms with E-state index in [0.717, 1.165) is 4.90 Å². The fraction of sp³-hybridized carbons (Fsp3) is 0.429. The van der Waals surface area contributed by atoms with Crippen LogP contribution >= 0.6 is 0 Å². The van der Waals surface area contributed by atoms with Gasteiger partial charge in [0.05, 0.1) is 4.92 Å². The molecule has 0 bridgehead atoms. The summed E-state index contributed by atoms with van der Waals surface area (Å²) in [6, 6.07) is 4.43. The van der Waals surface area contributed by atoms with Crippen molar-refractivity contribution in [2.45, 2.75) is 31.5 Å². The van der Waals surface area contributed by atoms with Crippen molar-refractivity contribution in [1.29, 1.82) is 0 Å². The number of carbonyl (C=O) groups is 2. The van der Waals surface area contributed by atoms with Crippen molar-refractivity contribution in [3.05, 3.63) is 39.9 Å². The molecule has 9 nitrogen and oxygen atoms in total. The van der Waals surface area contributed by atoms with Gasteiger partial charge < -0.3 is 15.6 Å². The Kier molecular flexibility index (Phi) is 5.12. The molecule has 1 saturated heterocycles. The van der Waals surface area contributed by atoms with Gasteiger partial charge >= 0.3 is 12.1 Å². The normalized spacial score (nSPS) is 20.8. The number of carboxylic acid groups (broad SMARTS) is 1. The van der Waals surface area contributed by atoms with Gasteiger partial charge in [0.1, 0.15) is 12.6 Å². The maximum absolute atomic E-state index is 12.1. The molecule has 0 unspecified atom stereocenters. The molecule has 1 aliphatic rings. The van der Waals surface area contributed by atoms with Crippen LogP contribution in [0, 0.1) is 10.1 Å². The Bertz CT molecular complexity index is 603. The predicted molar refractivity (Wildman–Crippen MR) is 78.6 cm³/mol. The number of benzene rings is 1. The molecule has 2 rings (SSSR count). The van der Waals surface area contributed by atoms with Gasteiger partial charge in [0, 0.05) is 24.7 Å². The Morgan fingerprint density at radius 2 is 2.00 bits per heavy atom. The molecule has 124 valence electrons. The van der Waals surface area contributed by atoms with Crippen molar-refractivity contribution in [2.24, 2.45) is 5.73 Å². The maximum Gasteiger partial charge on any atom is 0.408 e. The summed E-state index contributed by atoms with van der Waals surface area (Å²) in [4.78, 5) is 34.3. The first-order valence-corrected chi connectivity index (χ1v) is 7.03. The van der Waals surface area contributed by atoms with E-state index >= 15 is 0 Å². The zero-order valence-corrected chi connectivity index (χ0v) is 12.3. The van der Waals surface area contributed by atoms with Crippen LogP contribution in [0.15, 0.2) is 24.3 Å². The largest absolute Gasteiger partial charge is 0.465 e. The maximum atomic E-state index is 12.1. The molecule has 1 aromatic rings. The number of nitro benzene ring substituents is 1. The van der Waals surface area contributed by atoms with Gasteiger partial charge in [0.25, 0.3) is 5.69 Å². The summed E-state index contributed by atoms with van der Waals surface area (Å²) in [5.41, 5.74) is 6.24. The number of carbonyl (C=O) groups excluding carboxylic acids is 1. The number of nitrogens with zero attached hydrogens (tertiary/aromatic N) is 2. The Morgan fingerprint density at radius 1 is 1.35 bits per heavy atom. The molecular formula is C14H17N3O6. The van der Waals surface area contributed by atoms with E-state index in [1.807, 2.05) is 0 Å². The van der Waals surface area contributed by atoms with Crippen LogP contribution in [-0.2, 0) is 16.1 Å². The van der Waals surface area contributed by atoms with Gasteiger partial charge in [0.2, 0.25) is 0 Å². The number of ether oxygens (including phenoxy) is 1. The van der Waals surface area contributed by atoms with Gasteiger partial charge in [-0.25, -0.2) is 9.59 Å². The minimum absolute atomic E-state index is 0.0570. The third-order valence-corrected chi connectivity index (χ3v) is 3.66. The van der Waals surface area contributed by atoms with E-state index in [4.69, 9.17) is 15.6 Å². The number of hydrogen-bond acceptors (Lipinski definition) is 6. The van der Waals surface area contributed by atoms with Crippen LogP contribution in [-0.4, -0.2) is 45.6 Å². The first-order valence-electron chi connectivity index (χ1n) is 7.03. The number of amides is 1. The average Bonchev–Trinajstić information content (AvgIpc) is 2.52. The van der Waals surface area contributed by atoms with E-state index in [2.05, 4.69) is 0 Å². The molecule has 1 aliphatic heterocycles. The van der Waals surface area contributed by atoms with Crippen molar-refractivity contribution >= 4 is 17.7 Å². The third kappa shape index (κ3) is 4.16. The Balaban J connectivity index is 1.95. The van der Waals surface area contributed by atoms with Crippen LogP contribution in [0.5, 0.6) is 0 Å².